The van der Waals surface area contributed by atoms with Gasteiger partial charge in [0.05, 0.1) is 0 Å². The molecule has 6 nitrogen and oxygen atoms in total. The molecule has 0 saturated carbocycles. The van der Waals surface area contributed by atoms with Gasteiger partial charge in [0.2, 0.25) is 5.91 Å². The molecule has 3 N–H and O–H groups in total. The van der Waals surface area contributed by atoms with Crippen LogP contribution in [-0.2, 0) is 4.79 Å². The van der Waals surface area contributed by atoms with Gasteiger partial charge in [-0.1, -0.05) is 20.8 Å². The first-order valence-electron chi connectivity index (χ1n) is 8.36. The topological polar surface area (TPSA) is 81.7 Å². The van der Waals surface area contributed by atoms with E-state index < -0.39 is 11.8 Å². The monoisotopic (exact) mass is 337 g/mol. The summed E-state index contributed by atoms with van der Waals surface area (Å²) in [6, 6.07) is -0.362. The molecule has 1 aliphatic rings. The van der Waals surface area contributed by atoms with Crippen molar-refractivity contribution in [3.8, 4) is 0 Å². The fourth-order valence-electron chi connectivity index (χ4n) is 2.24. The number of carbonyl (C=O) groups is 2. The molecule has 0 aromatic heterocycles. The van der Waals surface area contributed by atoms with E-state index in [4.69, 9.17) is 0 Å². The smallest absolute Gasteiger partial charge is 0.324 e. The van der Waals surface area contributed by atoms with Crippen LogP contribution in [0.25, 0.3) is 0 Å². The third-order valence-electron chi connectivity index (χ3n) is 3.63. The number of aliphatic hydroxyl groups excluding tert-OH is 1. The van der Waals surface area contributed by atoms with Crippen molar-refractivity contribution >= 4 is 11.9 Å². The van der Waals surface area contributed by atoms with Gasteiger partial charge in [0, 0.05) is 29.9 Å². The minimum absolute atomic E-state index is 0.212. The van der Waals surface area contributed by atoms with E-state index in [9.17, 15) is 14.7 Å². The van der Waals surface area contributed by atoms with Crippen LogP contribution in [0.5, 0.6) is 0 Å². The minimum Gasteiger partial charge on any atom is -0.369 e. The molecule has 136 valence electrons. The molecular formula is C18H31N3O3. The van der Waals surface area contributed by atoms with Crippen molar-refractivity contribution in [2.45, 2.75) is 66.2 Å². The minimum atomic E-state index is -1.11. The molecular weight excluding hydrogens is 306 g/mol. The first-order chi connectivity index (χ1) is 10.9. The van der Waals surface area contributed by atoms with Crippen molar-refractivity contribution in [1.29, 1.82) is 0 Å². The molecule has 0 saturated heterocycles. The molecule has 24 heavy (non-hydrogen) atoms. The number of nitrogens with one attached hydrogen (secondary N) is 2. The summed E-state index contributed by atoms with van der Waals surface area (Å²) in [6.07, 6.45) is 5.33. The Labute approximate surface area is 145 Å². The average molecular weight is 337 g/mol. The van der Waals surface area contributed by atoms with Crippen LogP contribution >= 0.6 is 0 Å². The Kier molecular flexibility index (Phi) is 6.60. The Morgan fingerprint density at radius 3 is 2.50 bits per heavy atom. The first kappa shape index (κ1) is 20.2. The summed E-state index contributed by atoms with van der Waals surface area (Å²) in [5.41, 5.74) is 0.305. The summed E-state index contributed by atoms with van der Waals surface area (Å²) in [7, 11) is 0. The Morgan fingerprint density at radius 2 is 1.96 bits per heavy atom. The number of urea groups is 1. The van der Waals surface area contributed by atoms with Gasteiger partial charge in [-0.3, -0.25) is 9.69 Å². The van der Waals surface area contributed by atoms with E-state index in [2.05, 4.69) is 31.4 Å². The van der Waals surface area contributed by atoms with Gasteiger partial charge in [0.15, 0.2) is 6.23 Å². The van der Waals surface area contributed by atoms with Gasteiger partial charge in [0.25, 0.3) is 0 Å². The second kappa shape index (κ2) is 7.83. The maximum Gasteiger partial charge on any atom is 0.324 e. The van der Waals surface area contributed by atoms with Crippen LogP contribution in [-0.4, -0.2) is 40.3 Å². The van der Waals surface area contributed by atoms with E-state index in [1.54, 1.807) is 6.20 Å². The molecule has 0 aromatic rings. The Morgan fingerprint density at radius 1 is 1.33 bits per heavy atom. The van der Waals surface area contributed by atoms with Gasteiger partial charge >= 0.3 is 6.03 Å². The van der Waals surface area contributed by atoms with Crippen LogP contribution in [0.3, 0.4) is 0 Å². The van der Waals surface area contributed by atoms with E-state index in [0.29, 0.717) is 12.1 Å². The zero-order valence-electron chi connectivity index (χ0n) is 15.6. The number of aliphatic hydroxyl groups is 1. The molecule has 0 spiro atoms. The summed E-state index contributed by atoms with van der Waals surface area (Å²) in [4.78, 5) is 25.2. The predicted molar refractivity (Wildman–Crippen MR) is 95.1 cm³/mol. The second-order valence-electron chi connectivity index (χ2n) is 8.31. The maximum atomic E-state index is 11.9. The van der Waals surface area contributed by atoms with Crippen LogP contribution in [0.15, 0.2) is 23.9 Å². The molecule has 0 fully saturated rings. The molecule has 1 unspecified atom stereocenters. The summed E-state index contributed by atoms with van der Waals surface area (Å²) in [5, 5.41) is 15.2. The normalized spacial score (nSPS) is 19.3. The van der Waals surface area contributed by atoms with E-state index >= 15 is 0 Å². The number of nitrogens with zero attached hydrogens (tertiary/aromatic N) is 1. The molecule has 0 aliphatic carbocycles. The number of rotatable bonds is 5. The Bertz CT molecular complexity index is 525. The highest BCUT2D eigenvalue weighted by Crippen LogP contribution is 2.21. The van der Waals surface area contributed by atoms with E-state index in [-0.39, 0.29) is 17.4 Å². The van der Waals surface area contributed by atoms with Crippen LogP contribution in [0, 0.1) is 5.41 Å². The van der Waals surface area contributed by atoms with Crippen molar-refractivity contribution in [3.05, 3.63) is 23.9 Å². The highest BCUT2D eigenvalue weighted by atomic mass is 16.3. The van der Waals surface area contributed by atoms with Crippen molar-refractivity contribution in [3.63, 3.8) is 0 Å². The van der Waals surface area contributed by atoms with Crippen LogP contribution < -0.4 is 10.6 Å². The lowest BCUT2D eigenvalue weighted by Crippen LogP contribution is -2.54. The molecule has 1 heterocycles. The summed E-state index contributed by atoms with van der Waals surface area (Å²) < 4.78 is 0. The molecule has 0 aromatic carbocycles. The number of carbonyl (C=O) groups excluding carboxylic acids is 2. The fraction of sp³-hybridized carbons (Fsp3) is 0.667. The summed E-state index contributed by atoms with van der Waals surface area (Å²) in [5.74, 6) is -0.212. The lowest BCUT2D eigenvalue weighted by molar-refractivity contribution is -0.116. The summed E-state index contributed by atoms with van der Waals surface area (Å²) >= 11 is 0. The second-order valence-corrected chi connectivity index (χ2v) is 8.31. The van der Waals surface area contributed by atoms with Crippen molar-refractivity contribution < 1.29 is 14.7 Å². The molecule has 3 amide bonds. The molecule has 1 aliphatic heterocycles. The Hall–Kier alpha value is -1.82. The third kappa shape index (κ3) is 6.74. The number of hydrogen-bond acceptors (Lipinski definition) is 3. The average Bonchev–Trinajstić information content (AvgIpc) is 2.40. The Balaban J connectivity index is 2.61. The largest absolute Gasteiger partial charge is 0.369 e. The van der Waals surface area contributed by atoms with Crippen molar-refractivity contribution in [2.24, 2.45) is 5.41 Å². The van der Waals surface area contributed by atoms with Crippen LogP contribution in [0.2, 0.25) is 0 Å². The van der Waals surface area contributed by atoms with E-state index in [1.165, 1.54) is 17.1 Å². The maximum absolute atomic E-state index is 11.9. The zero-order valence-corrected chi connectivity index (χ0v) is 15.6. The van der Waals surface area contributed by atoms with Gasteiger partial charge < -0.3 is 15.7 Å². The lowest BCUT2D eigenvalue weighted by Gasteiger charge is -2.37. The molecule has 1 atom stereocenters. The summed E-state index contributed by atoms with van der Waals surface area (Å²) in [6.45, 7) is 12.8. The third-order valence-corrected chi connectivity index (χ3v) is 3.63. The molecule has 6 heteroatoms. The fourth-order valence-corrected chi connectivity index (χ4v) is 2.24. The quantitative estimate of drug-likeness (QED) is 0.532. The van der Waals surface area contributed by atoms with Crippen LogP contribution in [0.1, 0.15) is 54.4 Å². The van der Waals surface area contributed by atoms with E-state index in [1.807, 2.05) is 20.8 Å². The van der Waals surface area contributed by atoms with Gasteiger partial charge in [-0.15, -0.1) is 0 Å². The SMILES string of the molecule is CC(C)(C)CCCNC(=O)/C=C/C1=CN(C(C)(C)C)C(=O)NC1O. The van der Waals surface area contributed by atoms with Gasteiger partial charge in [-0.2, -0.15) is 0 Å². The first-order valence-corrected chi connectivity index (χ1v) is 8.36. The highest BCUT2D eigenvalue weighted by Gasteiger charge is 2.31. The van der Waals surface area contributed by atoms with E-state index in [0.717, 1.165) is 12.8 Å². The molecule has 0 radical (unpaired) electrons. The van der Waals surface area contributed by atoms with Gasteiger partial charge in [-0.05, 0) is 45.1 Å². The lowest BCUT2D eigenvalue weighted by atomic mass is 9.91. The standard InChI is InChI=1S/C18H31N3O3/c1-17(2,3)10-7-11-19-14(22)9-8-13-12-21(18(4,5)6)16(24)20-15(13)23/h8-9,12,15,23H,7,10-11H2,1-6H3,(H,19,22)(H,20,24)/b9-8+. The zero-order chi connectivity index (χ0) is 18.5. The van der Waals surface area contributed by atoms with Gasteiger partial charge in [0.1, 0.15) is 0 Å². The number of amides is 3. The van der Waals surface area contributed by atoms with Crippen molar-refractivity contribution in [1.82, 2.24) is 15.5 Å². The highest BCUT2D eigenvalue weighted by molar-refractivity contribution is 5.88. The van der Waals surface area contributed by atoms with Crippen LogP contribution in [0.4, 0.5) is 4.79 Å². The molecule has 1 rings (SSSR count). The molecule has 0 bridgehead atoms. The number of hydrogen-bond donors (Lipinski definition) is 3. The van der Waals surface area contributed by atoms with Crippen molar-refractivity contribution in [2.75, 3.05) is 6.54 Å². The predicted octanol–water partition coefficient (Wildman–Crippen LogP) is 2.51. The van der Waals surface area contributed by atoms with Gasteiger partial charge in [-0.25, -0.2) is 4.79 Å².